The van der Waals surface area contributed by atoms with Crippen molar-refractivity contribution in [2.75, 3.05) is 0 Å². The van der Waals surface area contributed by atoms with Crippen molar-refractivity contribution in [2.45, 2.75) is 19.3 Å². The van der Waals surface area contributed by atoms with Gasteiger partial charge in [0.25, 0.3) is 0 Å². The molecule has 0 radical (unpaired) electrons. The normalized spacial score (nSPS) is 12.9. The molecule has 2 heteroatoms. The van der Waals surface area contributed by atoms with Crippen LogP contribution in [0.4, 0.5) is 0 Å². The minimum atomic E-state index is -0.132. The van der Waals surface area contributed by atoms with Crippen molar-refractivity contribution in [2.24, 2.45) is 0 Å². The molecule has 9 aromatic carbocycles. The Morgan fingerprint density at radius 2 is 0.877 bits per heavy atom. The monoisotopic (exact) mass is 726 g/mol. The van der Waals surface area contributed by atoms with Gasteiger partial charge in [-0.15, -0.1) is 0 Å². The Bertz CT molecular complexity index is 3190. The molecule has 0 amide bonds. The summed E-state index contributed by atoms with van der Waals surface area (Å²) in [5.41, 5.74) is 15.1. The summed E-state index contributed by atoms with van der Waals surface area (Å²) in [6.07, 6.45) is 0. The predicted octanol–water partition coefficient (Wildman–Crippen LogP) is 14.6. The summed E-state index contributed by atoms with van der Waals surface area (Å²) >= 11 is 0. The Morgan fingerprint density at radius 3 is 1.63 bits per heavy atom. The molecule has 0 atom stereocenters. The van der Waals surface area contributed by atoms with Gasteiger partial charge < -0.3 is 0 Å². The van der Waals surface area contributed by atoms with Crippen LogP contribution in [0.3, 0.4) is 0 Å². The number of aromatic nitrogens is 2. The number of fused-ring (bicyclic) bond motifs is 7. The van der Waals surface area contributed by atoms with E-state index in [1.54, 1.807) is 0 Å². The van der Waals surface area contributed by atoms with Crippen LogP contribution in [0.25, 0.3) is 99.6 Å². The van der Waals surface area contributed by atoms with Crippen LogP contribution < -0.4 is 0 Å². The third-order valence-corrected chi connectivity index (χ3v) is 12.1. The zero-order valence-electron chi connectivity index (χ0n) is 31.9. The Morgan fingerprint density at radius 1 is 0.351 bits per heavy atom. The molecule has 11 rings (SSSR count). The van der Waals surface area contributed by atoms with E-state index in [1.807, 2.05) is 6.07 Å². The van der Waals surface area contributed by atoms with E-state index in [0.717, 1.165) is 33.5 Å². The van der Waals surface area contributed by atoms with Gasteiger partial charge in [0.15, 0.2) is 5.82 Å². The molecule has 2 nitrogen and oxygen atoms in total. The summed E-state index contributed by atoms with van der Waals surface area (Å²) in [4.78, 5) is 10.6. The first-order chi connectivity index (χ1) is 28.0. The van der Waals surface area contributed by atoms with Crippen molar-refractivity contribution in [3.05, 3.63) is 205 Å². The fourth-order valence-corrected chi connectivity index (χ4v) is 9.37. The molecule has 0 bridgehead atoms. The van der Waals surface area contributed by atoms with Crippen LogP contribution in [-0.4, -0.2) is 9.97 Å². The lowest BCUT2D eigenvalue weighted by Crippen LogP contribution is -2.15. The highest BCUT2D eigenvalue weighted by Gasteiger charge is 2.38. The molecule has 57 heavy (non-hydrogen) atoms. The van der Waals surface area contributed by atoms with Gasteiger partial charge in [-0.1, -0.05) is 196 Å². The van der Waals surface area contributed by atoms with Crippen molar-refractivity contribution in [3.8, 4) is 67.3 Å². The molecule has 1 aromatic heterocycles. The minimum Gasteiger partial charge on any atom is -0.228 e. The van der Waals surface area contributed by atoms with E-state index in [2.05, 4.69) is 202 Å². The molecular weight excluding hydrogens is 689 g/mol. The van der Waals surface area contributed by atoms with Crippen LogP contribution in [-0.2, 0) is 5.41 Å². The lowest BCUT2D eigenvalue weighted by molar-refractivity contribution is 0.666. The highest BCUT2D eigenvalue weighted by atomic mass is 14.9. The van der Waals surface area contributed by atoms with Gasteiger partial charge in [0.2, 0.25) is 0 Å². The van der Waals surface area contributed by atoms with Gasteiger partial charge in [-0.3, -0.25) is 0 Å². The highest BCUT2D eigenvalue weighted by molar-refractivity contribution is 6.09. The average molecular weight is 727 g/mol. The van der Waals surface area contributed by atoms with Crippen molar-refractivity contribution in [3.63, 3.8) is 0 Å². The third kappa shape index (κ3) is 5.33. The summed E-state index contributed by atoms with van der Waals surface area (Å²) in [5.74, 6) is 0.712. The molecule has 0 aliphatic heterocycles. The molecule has 0 spiro atoms. The summed E-state index contributed by atoms with van der Waals surface area (Å²) < 4.78 is 0. The van der Waals surface area contributed by atoms with Crippen molar-refractivity contribution < 1.29 is 0 Å². The van der Waals surface area contributed by atoms with Crippen molar-refractivity contribution in [1.29, 1.82) is 0 Å². The molecule has 0 saturated carbocycles. The average Bonchev–Trinajstić information content (AvgIpc) is 3.52. The van der Waals surface area contributed by atoms with E-state index < -0.39 is 0 Å². The van der Waals surface area contributed by atoms with E-state index >= 15 is 0 Å². The van der Waals surface area contributed by atoms with E-state index in [1.165, 1.54) is 71.4 Å². The number of hydrogen-bond acceptors (Lipinski definition) is 2. The number of benzene rings is 9. The first-order valence-electron chi connectivity index (χ1n) is 19.7. The maximum Gasteiger partial charge on any atom is 0.161 e. The summed E-state index contributed by atoms with van der Waals surface area (Å²) in [6.45, 7) is 4.75. The van der Waals surface area contributed by atoms with Crippen LogP contribution >= 0.6 is 0 Å². The van der Waals surface area contributed by atoms with Crippen LogP contribution in [0.15, 0.2) is 194 Å². The van der Waals surface area contributed by atoms with Crippen LogP contribution in [0, 0.1) is 0 Å². The van der Waals surface area contributed by atoms with Crippen LogP contribution in [0.2, 0.25) is 0 Å². The minimum absolute atomic E-state index is 0.132. The van der Waals surface area contributed by atoms with Gasteiger partial charge in [0.1, 0.15) is 0 Å². The first-order valence-corrected chi connectivity index (χ1v) is 19.7. The number of rotatable bonds is 5. The molecule has 1 heterocycles. The second kappa shape index (κ2) is 13.0. The summed E-state index contributed by atoms with van der Waals surface area (Å²) in [5, 5.41) is 7.42. The molecule has 10 aromatic rings. The smallest absolute Gasteiger partial charge is 0.161 e. The topological polar surface area (TPSA) is 25.8 Å². The Balaban J connectivity index is 1.07. The maximum absolute atomic E-state index is 5.33. The SMILES string of the molecule is CC1(C)c2cccc(-c3ccc(-c4nc(-c5ccccc5)cc(-c5ccc(-c6cccc7ccccc67)cc5)n4)c4ccccc34)c2-c2ccc3ccccc3c21. The lowest BCUT2D eigenvalue weighted by atomic mass is 9.80. The Kier molecular flexibility index (Phi) is 7.55. The first kappa shape index (κ1) is 33.2. The molecule has 268 valence electrons. The van der Waals surface area contributed by atoms with E-state index in [4.69, 9.17) is 9.97 Å². The van der Waals surface area contributed by atoms with E-state index in [0.29, 0.717) is 5.82 Å². The van der Waals surface area contributed by atoms with Gasteiger partial charge >= 0.3 is 0 Å². The van der Waals surface area contributed by atoms with Crippen LogP contribution in [0.1, 0.15) is 25.0 Å². The van der Waals surface area contributed by atoms with E-state index in [9.17, 15) is 0 Å². The number of hydrogen-bond donors (Lipinski definition) is 0. The van der Waals surface area contributed by atoms with Crippen LogP contribution in [0.5, 0.6) is 0 Å². The van der Waals surface area contributed by atoms with Gasteiger partial charge in [0, 0.05) is 22.1 Å². The molecule has 1 aliphatic carbocycles. The van der Waals surface area contributed by atoms with E-state index in [-0.39, 0.29) is 5.41 Å². The molecule has 0 saturated heterocycles. The zero-order chi connectivity index (χ0) is 38.1. The lowest BCUT2D eigenvalue weighted by Gasteiger charge is -2.23. The van der Waals surface area contributed by atoms with Gasteiger partial charge in [-0.05, 0) is 89.0 Å². The van der Waals surface area contributed by atoms with Crippen molar-refractivity contribution in [1.82, 2.24) is 9.97 Å². The maximum atomic E-state index is 5.33. The van der Waals surface area contributed by atoms with Gasteiger partial charge in [0.05, 0.1) is 11.4 Å². The largest absolute Gasteiger partial charge is 0.228 e. The quantitative estimate of drug-likeness (QED) is 0.176. The third-order valence-electron chi connectivity index (χ3n) is 12.1. The Hall–Kier alpha value is -7.16. The highest BCUT2D eigenvalue weighted by Crippen LogP contribution is 2.55. The zero-order valence-corrected chi connectivity index (χ0v) is 31.9. The standard InChI is InChI=1S/C55H38N2/c1-55(2)49-25-13-24-46(52(49)48-31-30-36-15-7-9-20-42(36)53(48)55)45-32-33-47(44-22-11-10-21-43(44)45)54-56-50(38-16-4-3-5-17-38)34-51(57-54)39-28-26-37(27-29-39)41-23-12-18-35-14-6-8-19-40(35)41/h3-34H,1-2H3. The second-order valence-corrected chi connectivity index (χ2v) is 15.7. The molecule has 0 fully saturated rings. The molecule has 0 unspecified atom stereocenters. The predicted molar refractivity (Wildman–Crippen MR) is 239 cm³/mol. The summed E-state index contributed by atoms with van der Waals surface area (Å²) in [7, 11) is 0. The summed E-state index contributed by atoms with van der Waals surface area (Å²) in [6, 6.07) is 70.0. The van der Waals surface area contributed by atoms with Crippen molar-refractivity contribution >= 4 is 32.3 Å². The molecule has 0 N–H and O–H groups in total. The fourth-order valence-electron chi connectivity index (χ4n) is 9.37. The number of nitrogens with zero attached hydrogens (tertiary/aromatic N) is 2. The fraction of sp³-hybridized carbons (Fsp3) is 0.0545. The van der Waals surface area contributed by atoms with Gasteiger partial charge in [-0.25, -0.2) is 9.97 Å². The molecular formula is C55H38N2. The Labute approximate surface area is 332 Å². The second-order valence-electron chi connectivity index (χ2n) is 15.7. The molecule has 1 aliphatic rings. The van der Waals surface area contributed by atoms with Gasteiger partial charge in [-0.2, -0.15) is 0 Å².